The highest BCUT2D eigenvalue weighted by Crippen LogP contribution is 2.22. The van der Waals surface area contributed by atoms with Gasteiger partial charge in [-0.2, -0.15) is 0 Å². The van der Waals surface area contributed by atoms with Gasteiger partial charge in [0.2, 0.25) is 5.91 Å². The smallest absolute Gasteiger partial charge is 0.220 e. The fraction of sp³-hybridized carbons (Fsp3) is 0.812. The average molecular weight is 363 g/mol. The number of hydrogen-bond donors (Lipinski definition) is 6. The van der Waals surface area contributed by atoms with Crippen LogP contribution in [0.5, 0.6) is 0 Å². The third kappa shape index (κ3) is 6.30. The van der Waals surface area contributed by atoms with Crippen molar-refractivity contribution in [3.63, 3.8) is 0 Å². The molecule has 9 nitrogen and oxygen atoms in total. The van der Waals surface area contributed by atoms with E-state index in [0.29, 0.717) is 6.42 Å². The van der Waals surface area contributed by atoms with Crippen LogP contribution in [0.3, 0.4) is 0 Å². The van der Waals surface area contributed by atoms with Crippen molar-refractivity contribution in [1.82, 2.24) is 5.32 Å². The molecular weight excluding hydrogens is 334 g/mol. The molecule has 1 fully saturated rings. The minimum atomic E-state index is -1.55. The molecule has 1 heterocycles. The maximum absolute atomic E-state index is 11.6. The molecule has 7 atom stereocenters. The molecule has 0 bridgehead atoms. The van der Waals surface area contributed by atoms with Crippen molar-refractivity contribution in [2.24, 2.45) is 0 Å². The van der Waals surface area contributed by atoms with Crippen molar-refractivity contribution in [1.29, 1.82) is 0 Å². The number of carbonyl (C=O) groups excluding carboxylic acids is 1. The third-order valence-electron chi connectivity index (χ3n) is 3.94. The predicted octanol–water partition coefficient (Wildman–Crippen LogP) is -1.98. The maximum atomic E-state index is 11.6. The van der Waals surface area contributed by atoms with Crippen LogP contribution in [0.2, 0.25) is 0 Å². The fourth-order valence-electron chi connectivity index (χ4n) is 2.35. The SMILES string of the molecule is CCC=CC(O)C(CO[C@H]1OC(CO)[C@H](O)C(O)C1O)NC(=O)CC. The highest BCUT2D eigenvalue weighted by atomic mass is 16.7. The first-order valence-electron chi connectivity index (χ1n) is 8.41. The van der Waals surface area contributed by atoms with Crippen LogP contribution < -0.4 is 5.32 Å². The molecule has 25 heavy (non-hydrogen) atoms. The summed E-state index contributed by atoms with van der Waals surface area (Å²) in [5, 5.41) is 51.3. The molecule has 5 unspecified atom stereocenters. The molecule has 1 aliphatic rings. The van der Waals surface area contributed by atoms with E-state index in [0.717, 1.165) is 0 Å². The van der Waals surface area contributed by atoms with Crippen LogP contribution in [0.1, 0.15) is 26.7 Å². The van der Waals surface area contributed by atoms with Gasteiger partial charge in [-0.3, -0.25) is 4.79 Å². The van der Waals surface area contributed by atoms with Crippen LogP contribution in [-0.2, 0) is 14.3 Å². The fourth-order valence-corrected chi connectivity index (χ4v) is 2.35. The number of nitrogens with one attached hydrogen (secondary N) is 1. The molecule has 9 heteroatoms. The number of carbonyl (C=O) groups is 1. The van der Waals surface area contributed by atoms with Gasteiger partial charge in [0.25, 0.3) is 0 Å². The van der Waals surface area contributed by atoms with Gasteiger partial charge in [0, 0.05) is 6.42 Å². The number of amides is 1. The second kappa shape index (κ2) is 10.8. The Morgan fingerprint density at radius 3 is 2.48 bits per heavy atom. The molecule has 1 rings (SSSR count). The number of hydrogen-bond acceptors (Lipinski definition) is 8. The lowest BCUT2D eigenvalue weighted by atomic mass is 9.99. The quantitative estimate of drug-likeness (QED) is 0.258. The van der Waals surface area contributed by atoms with E-state index in [2.05, 4.69) is 5.32 Å². The number of aliphatic hydroxyl groups excluding tert-OH is 5. The number of allylic oxidation sites excluding steroid dienone is 1. The summed E-state index contributed by atoms with van der Waals surface area (Å²) in [5.74, 6) is -0.286. The molecule has 0 aromatic heterocycles. The number of ether oxygens (including phenoxy) is 2. The predicted molar refractivity (Wildman–Crippen MR) is 87.4 cm³/mol. The highest BCUT2D eigenvalue weighted by Gasteiger charge is 2.44. The van der Waals surface area contributed by atoms with Gasteiger partial charge in [0.1, 0.15) is 24.4 Å². The van der Waals surface area contributed by atoms with Crippen molar-refractivity contribution in [3.05, 3.63) is 12.2 Å². The summed E-state index contributed by atoms with van der Waals surface area (Å²) in [6, 6.07) is -0.789. The molecule has 1 amide bonds. The van der Waals surface area contributed by atoms with E-state index in [9.17, 15) is 25.2 Å². The van der Waals surface area contributed by atoms with E-state index in [1.165, 1.54) is 6.08 Å². The van der Waals surface area contributed by atoms with Crippen molar-refractivity contribution in [2.45, 2.75) is 69.5 Å². The molecule has 6 N–H and O–H groups in total. The zero-order valence-corrected chi connectivity index (χ0v) is 14.5. The Bertz CT molecular complexity index is 430. The Kier molecular flexibility index (Phi) is 9.51. The molecule has 0 aliphatic carbocycles. The summed E-state index contributed by atoms with van der Waals surface area (Å²) in [7, 11) is 0. The van der Waals surface area contributed by atoms with Crippen LogP contribution in [0.4, 0.5) is 0 Å². The summed E-state index contributed by atoms with van der Waals surface area (Å²) >= 11 is 0. The lowest BCUT2D eigenvalue weighted by Crippen LogP contribution is -2.60. The topological polar surface area (TPSA) is 149 Å². The monoisotopic (exact) mass is 363 g/mol. The van der Waals surface area contributed by atoms with E-state index in [4.69, 9.17) is 14.6 Å². The summed E-state index contributed by atoms with van der Waals surface area (Å²) in [6.07, 6.45) is -3.79. The Labute approximate surface area is 146 Å². The Hall–Kier alpha value is -1.07. The molecule has 146 valence electrons. The van der Waals surface area contributed by atoms with Gasteiger partial charge in [0.05, 0.1) is 25.4 Å². The highest BCUT2D eigenvalue weighted by molar-refractivity contribution is 5.75. The normalized spacial score (nSPS) is 32.5. The standard InChI is InChI=1S/C16H29NO8/c1-3-5-6-10(19)9(17-12(20)4-2)8-24-16-15(23)14(22)13(21)11(7-18)25-16/h5-6,9-11,13-16,18-19,21-23H,3-4,7-8H2,1-2H3,(H,17,20)/t9?,10?,11?,13-,14?,15?,16-/m0/s1. The van der Waals surface area contributed by atoms with Gasteiger partial charge in [-0.1, -0.05) is 26.0 Å². The maximum Gasteiger partial charge on any atom is 0.220 e. The van der Waals surface area contributed by atoms with Crippen LogP contribution >= 0.6 is 0 Å². The second-order valence-corrected chi connectivity index (χ2v) is 5.89. The van der Waals surface area contributed by atoms with Gasteiger partial charge in [-0.05, 0) is 6.42 Å². The molecule has 0 aromatic rings. The Balaban J connectivity index is 2.73. The van der Waals surface area contributed by atoms with Gasteiger partial charge in [-0.25, -0.2) is 0 Å². The lowest BCUT2D eigenvalue weighted by Gasteiger charge is -2.40. The zero-order chi connectivity index (χ0) is 19.0. The average Bonchev–Trinajstić information content (AvgIpc) is 2.62. The van der Waals surface area contributed by atoms with Gasteiger partial charge in [-0.15, -0.1) is 0 Å². The zero-order valence-electron chi connectivity index (χ0n) is 14.5. The first-order valence-corrected chi connectivity index (χ1v) is 8.41. The summed E-state index contributed by atoms with van der Waals surface area (Å²) in [6.45, 7) is 2.79. The number of rotatable bonds is 9. The van der Waals surface area contributed by atoms with E-state index in [-0.39, 0.29) is 18.9 Å². The van der Waals surface area contributed by atoms with Crippen LogP contribution in [0, 0.1) is 0 Å². The number of aliphatic hydroxyl groups is 5. The molecule has 1 aliphatic heterocycles. The van der Waals surface area contributed by atoms with Crippen LogP contribution in [0.25, 0.3) is 0 Å². The molecule has 0 aromatic carbocycles. The first-order chi connectivity index (χ1) is 11.8. The van der Waals surface area contributed by atoms with Gasteiger partial charge in [0.15, 0.2) is 6.29 Å². The van der Waals surface area contributed by atoms with Crippen molar-refractivity contribution in [2.75, 3.05) is 13.2 Å². The van der Waals surface area contributed by atoms with E-state index >= 15 is 0 Å². The minimum Gasteiger partial charge on any atom is -0.394 e. The molecular formula is C16H29NO8. The van der Waals surface area contributed by atoms with Crippen molar-refractivity contribution in [3.8, 4) is 0 Å². The summed E-state index contributed by atoms with van der Waals surface area (Å²) in [5.41, 5.74) is 0. The lowest BCUT2D eigenvalue weighted by molar-refractivity contribution is -0.302. The van der Waals surface area contributed by atoms with Gasteiger partial charge < -0.3 is 40.3 Å². The minimum absolute atomic E-state index is 0.205. The summed E-state index contributed by atoms with van der Waals surface area (Å²) < 4.78 is 10.6. The van der Waals surface area contributed by atoms with E-state index in [1.807, 2.05) is 6.92 Å². The van der Waals surface area contributed by atoms with E-state index < -0.39 is 49.5 Å². The van der Waals surface area contributed by atoms with Crippen LogP contribution in [-0.4, -0.2) is 87.5 Å². The Morgan fingerprint density at radius 2 is 1.92 bits per heavy atom. The molecule has 0 radical (unpaired) electrons. The van der Waals surface area contributed by atoms with Gasteiger partial charge >= 0.3 is 0 Å². The van der Waals surface area contributed by atoms with Crippen molar-refractivity contribution >= 4 is 5.91 Å². The Morgan fingerprint density at radius 1 is 1.24 bits per heavy atom. The van der Waals surface area contributed by atoms with E-state index in [1.54, 1.807) is 13.0 Å². The molecule has 1 saturated heterocycles. The first kappa shape index (κ1) is 22.0. The second-order valence-electron chi connectivity index (χ2n) is 5.89. The summed E-state index contributed by atoms with van der Waals surface area (Å²) in [4.78, 5) is 11.6. The molecule has 0 saturated carbocycles. The third-order valence-corrected chi connectivity index (χ3v) is 3.94. The van der Waals surface area contributed by atoms with Crippen LogP contribution in [0.15, 0.2) is 12.2 Å². The largest absolute Gasteiger partial charge is 0.394 e. The molecule has 0 spiro atoms. The van der Waals surface area contributed by atoms with Crippen molar-refractivity contribution < 1.29 is 39.8 Å².